The monoisotopic (exact) mass is 1190 g/mol. The SMILES string of the molecule is C#CCC(OC(=O)N(C)[C@H](C(=O)N[C@H](C(=O)N(C)[C@@H]([C@@H](C)CC)[C@@H](CC(=O)N1CCC[C@H]1[C@H](OC)[C@@H](C)C(=O)N[C@H](C)[C@@H](O)c1ccccc1)OC)C(C)C)C(C)C)c1ccc(O[C@@H]2O[C@H](C(=O)O)C[C@H](O)[C@H]2O)c2cc(CCC(=O)O)sc12. The van der Waals surface area contributed by atoms with Crippen molar-refractivity contribution >= 4 is 63.1 Å². The molecule has 464 valence electrons. The van der Waals surface area contributed by atoms with Crippen LogP contribution >= 0.6 is 11.3 Å². The zero-order valence-electron chi connectivity index (χ0n) is 50.3. The van der Waals surface area contributed by atoms with Gasteiger partial charge in [-0.3, -0.25) is 28.9 Å². The summed E-state index contributed by atoms with van der Waals surface area (Å²) >= 11 is 1.18. The number of carboxylic acid groups (broad SMARTS) is 2. The van der Waals surface area contributed by atoms with E-state index in [1.54, 1.807) is 77.8 Å². The smallest absolute Gasteiger partial charge is 0.410 e. The third-order valence-corrected chi connectivity index (χ3v) is 17.5. The second-order valence-corrected chi connectivity index (χ2v) is 23.9. The number of terminal acetylenes is 1. The van der Waals surface area contributed by atoms with E-state index >= 15 is 0 Å². The van der Waals surface area contributed by atoms with Crippen molar-refractivity contribution < 1.29 is 82.8 Å². The largest absolute Gasteiger partial charge is 0.481 e. The van der Waals surface area contributed by atoms with Gasteiger partial charge in [0.2, 0.25) is 29.9 Å². The second kappa shape index (κ2) is 31.1. The highest BCUT2D eigenvalue weighted by Crippen LogP contribution is 2.42. The molecule has 5 amide bonds. The molecule has 1 unspecified atom stereocenters. The maximum atomic E-state index is 14.9. The molecule has 0 aliphatic carbocycles. The van der Waals surface area contributed by atoms with E-state index in [2.05, 4.69) is 16.6 Å². The Morgan fingerprint density at radius 1 is 0.905 bits per heavy atom. The summed E-state index contributed by atoms with van der Waals surface area (Å²) < 4.78 is 30.1. The zero-order chi connectivity index (χ0) is 62.4. The average Bonchev–Trinajstić information content (AvgIpc) is 2.84. The number of likely N-dealkylation sites (N-methyl/N-ethyl adjacent to an activating group) is 2. The van der Waals surface area contributed by atoms with E-state index in [0.717, 1.165) is 4.90 Å². The number of fused-ring (bicyclic) bond motifs is 1. The molecule has 0 radical (unpaired) electrons. The number of likely N-dealkylation sites (tertiary alicyclic amines) is 1. The molecule has 84 heavy (non-hydrogen) atoms. The van der Waals surface area contributed by atoms with Crippen molar-refractivity contribution in [2.45, 2.75) is 186 Å². The first-order chi connectivity index (χ1) is 39.7. The number of nitrogens with zero attached hydrogens (tertiary/aromatic N) is 3. The maximum Gasteiger partial charge on any atom is 0.410 e. The summed E-state index contributed by atoms with van der Waals surface area (Å²) in [6, 6.07) is 9.69. The van der Waals surface area contributed by atoms with E-state index in [4.69, 9.17) is 30.1 Å². The molecule has 15 atom stereocenters. The van der Waals surface area contributed by atoms with E-state index in [-0.39, 0.29) is 55.6 Å². The highest BCUT2D eigenvalue weighted by atomic mass is 32.1. The van der Waals surface area contributed by atoms with Crippen LogP contribution in [0.3, 0.4) is 0 Å². The second-order valence-electron chi connectivity index (χ2n) is 22.8. The lowest BCUT2D eigenvalue weighted by molar-refractivity contribution is -0.237. The van der Waals surface area contributed by atoms with Crippen molar-refractivity contribution in [3.63, 3.8) is 0 Å². The number of nitrogens with one attached hydrogen (secondary N) is 2. The number of methoxy groups -OCH3 is 2. The molecule has 2 aliphatic rings. The van der Waals surface area contributed by atoms with Crippen molar-refractivity contribution in [2.24, 2.45) is 23.7 Å². The third-order valence-electron chi connectivity index (χ3n) is 16.2. The summed E-state index contributed by atoms with van der Waals surface area (Å²) in [5.74, 6) is -3.37. The van der Waals surface area contributed by atoms with Crippen LogP contribution in [0.25, 0.3) is 10.1 Å². The predicted octanol–water partition coefficient (Wildman–Crippen LogP) is 5.68. The molecule has 0 spiro atoms. The van der Waals surface area contributed by atoms with E-state index in [0.29, 0.717) is 51.9 Å². The molecule has 3 aromatic rings. The standard InChI is InChI=1S/C61H87N5O17S/c1-14-20-43(39-25-26-44(40-29-38(84-55(39)40)24-27-48(69)70)81-60-53(72)42(67)30-46(82-60)59(76)77)83-61(78)65(11)50(33(5)6)57(74)63-49(32(3)4)58(75)64(10)51(34(7)15-2)45(79-12)31-47(68)66-28-19-23-41(66)54(80-13)35(8)56(73)62-36(9)52(71)37-21-17-16-18-22-37/h1,16-18,21-22,25-26,29,32-36,41-43,45-46,49-54,60,67,71-72H,15,19-20,23-24,27-28,30-31H2,2-13H3,(H,62,73)(H,63,74)(H,69,70)(H,76,77)/t34-,35+,36+,41-,42-,43?,45+,46-,49-,50-,51-,52+,53+,54+,60+/m0/s1. The number of hydrogen-bond donors (Lipinski definition) is 7. The van der Waals surface area contributed by atoms with E-state index in [9.17, 15) is 59.1 Å². The molecular weight excluding hydrogens is 1110 g/mol. The van der Waals surface area contributed by atoms with Crippen LogP contribution < -0.4 is 15.4 Å². The average molecular weight is 1190 g/mol. The molecule has 3 heterocycles. The number of carbonyl (C=O) groups excluding carboxylic acids is 5. The Balaban J connectivity index is 1.33. The van der Waals surface area contributed by atoms with Gasteiger partial charge < -0.3 is 69.7 Å². The van der Waals surface area contributed by atoms with Gasteiger partial charge in [-0.25, -0.2) is 9.59 Å². The van der Waals surface area contributed by atoms with Crippen LogP contribution in [0.2, 0.25) is 0 Å². The fourth-order valence-corrected chi connectivity index (χ4v) is 12.5. The number of aliphatic carboxylic acids is 2. The predicted molar refractivity (Wildman–Crippen MR) is 312 cm³/mol. The van der Waals surface area contributed by atoms with E-state index in [1.165, 1.54) is 43.6 Å². The Morgan fingerprint density at radius 2 is 1.58 bits per heavy atom. The van der Waals surface area contributed by atoms with Gasteiger partial charge in [-0.05, 0) is 61.6 Å². The Morgan fingerprint density at radius 3 is 2.17 bits per heavy atom. The third kappa shape index (κ3) is 16.7. The first-order valence-corrected chi connectivity index (χ1v) is 29.5. The molecule has 5 rings (SSSR count). The van der Waals surface area contributed by atoms with Crippen molar-refractivity contribution in [1.82, 2.24) is 25.3 Å². The first kappa shape index (κ1) is 68.4. The number of benzene rings is 2. The van der Waals surface area contributed by atoms with Gasteiger partial charge in [-0.1, -0.05) is 91.3 Å². The van der Waals surface area contributed by atoms with Crippen LogP contribution in [-0.2, 0) is 54.1 Å². The Kier molecular flexibility index (Phi) is 25.3. The number of amides is 5. The van der Waals surface area contributed by atoms with E-state index in [1.807, 2.05) is 32.0 Å². The highest BCUT2D eigenvalue weighted by molar-refractivity contribution is 7.19. The number of ether oxygens (including phenoxy) is 5. The fourth-order valence-electron chi connectivity index (χ4n) is 11.3. The van der Waals surface area contributed by atoms with Crippen LogP contribution in [0.1, 0.15) is 129 Å². The lowest BCUT2D eigenvalue weighted by Crippen LogP contribution is -2.60. The Bertz CT molecular complexity index is 2770. The van der Waals surface area contributed by atoms with Gasteiger partial charge in [0.05, 0.1) is 67.7 Å². The number of aryl methyl sites for hydroxylation is 1. The number of carboxylic acids is 2. The quantitative estimate of drug-likeness (QED) is 0.0412. The molecular formula is C61H87N5O17S. The molecule has 0 saturated carbocycles. The summed E-state index contributed by atoms with van der Waals surface area (Å²) in [6.07, 6.45) is -3.76. The molecule has 0 bridgehead atoms. The lowest BCUT2D eigenvalue weighted by Gasteiger charge is -2.41. The van der Waals surface area contributed by atoms with Crippen LogP contribution in [0.5, 0.6) is 5.75 Å². The van der Waals surface area contributed by atoms with Gasteiger partial charge in [0.25, 0.3) is 0 Å². The van der Waals surface area contributed by atoms with Crippen molar-refractivity contribution in [3.8, 4) is 18.1 Å². The summed E-state index contributed by atoms with van der Waals surface area (Å²) in [5.41, 5.74) is 1.05. The molecule has 1 aromatic heterocycles. The van der Waals surface area contributed by atoms with Crippen LogP contribution in [0, 0.1) is 36.0 Å². The minimum atomic E-state index is -1.62. The minimum absolute atomic E-state index is 0.0870. The fraction of sp³-hybridized carbons (Fsp3) is 0.623. The van der Waals surface area contributed by atoms with Crippen molar-refractivity contribution in [3.05, 3.63) is 64.5 Å². The summed E-state index contributed by atoms with van der Waals surface area (Å²) in [4.78, 5) is 100. The van der Waals surface area contributed by atoms with Gasteiger partial charge in [0.15, 0.2) is 6.10 Å². The van der Waals surface area contributed by atoms with Gasteiger partial charge in [0.1, 0.15) is 30.0 Å². The first-order valence-electron chi connectivity index (χ1n) is 28.7. The molecule has 2 fully saturated rings. The molecule has 2 aliphatic heterocycles. The van der Waals surface area contributed by atoms with Crippen molar-refractivity contribution in [1.29, 1.82) is 0 Å². The molecule has 2 saturated heterocycles. The van der Waals surface area contributed by atoms with E-state index < -0.39 is 127 Å². The van der Waals surface area contributed by atoms with Gasteiger partial charge in [-0.15, -0.1) is 23.7 Å². The molecule has 23 heteroatoms. The van der Waals surface area contributed by atoms with Gasteiger partial charge in [0, 0.05) is 61.8 Å². The summed E-state index contributed by atoms with van der Waals surface area (Å²) in [5, 5.41) is 57.5. The summed E-state index contributed by atoms with van der Waals surface area (Å²) in [7, 11) is 6.00. The maximum absolute atomic E-state index is 14.9. The van der Waals surface area contributed by atoms with Crippen LogP contribution in [0.15, 0.2) is 48.5 Å². The highest BCUT2D eigenvalue weighted by Gasteiger charge is 2.45. The number of hydrogen-bond acceptors (Lipinski definition) is 16. The van der Waals surface area contributed by atoms with Gasteiger partial charge in [-0.2, -0.15) is 0 Å². The Hall–Kier alpha value is -6.39. The number of rotatable bonds is 29. The minimum Gasteiger partial charge on any atom is -0.481 e. The summed E-state index contributed by atoms with van der Waals surface area (Å²) in [6.45, 7) is 14.8. The van der Waals surface area contributed by atoms with Crippen LogP contribution in [-0.4, -0.2) is 184 Å². The molecule has 7 N–H and O–H groups in total. The van der Waals surface area contributed by atoms with Crippen molar-refractivity contribution in [2.75, 3.05) is 34.9 Å². The lowest BCUT2D eigenvalue weighted by atomic mass is 9.89. The molecule has 2 aromatic carbocycles. The number of carbonyl (C=O) groups is 7. The zero-order valence-corrected chi connectivity index (χ0v) is 51.1. The van der Waals surface area contributed by atoms with Gasteiger partial charge >= 0.3 is 18.0 Å². The number of aliphatic hydroxyl groups is 3. The number of aliphatic hydroxyl groups excluding tert-OH is 3. The molecule has 22 nitrogen and oxygen atoms in total. The topological polar surface area (TPSA) is 301 Å². The number of thiophene rings is 1. The Labute approximate surface area is 496 Å². The normalized spacial score (nSPS) is 21.6. The van der Waals surface area contributed by atoms with Crippen LogP contribution in [0.4, 0.5) is 4.79 Å².